The third kappa shape index (κ3) is 4.38. The van der Waals surface area contributed by atoms with Gasteiger partial charge in [0.25, 0.3) is 0 Å². The molecule has 1 fully saturated rings. The van der Waals surface area contributed by atoms with Gasteiger partial charge in [-0.1, -0.05) is 0 Å². The van der Waals surface area contributed by atoms with E-state index in [4.69, 9.17) is 9.47 Å². The first-order chi connectivity index (χ1) is 11.4. The van der Waals surface area contributed by atoms with Crippen LogP contribution in [0.15, 0.2) is 12.3 Å². The quantitative estimate of drug-likeness (QED) is 0.901. The number of aromatic nitrogens is 1. The third-order valence-corrected chi connectivity index (χ3v) is 4.28. The summed E-state index contributed by atoms with van der Waals surface area (Å²) in [6, 6.07) is 2.55. The van der Waals surface area contributed by atoms with Crippen molar-refractivity contribution in [3.05, 3.63) is 23.5 Å². The fourth-order valence-electron chi connectivity index (χ4n) is 3.07. The Balaban J connectivity index is 1.66. The molecule has 1 N–H and O–H groups in total. The average Bonchev–Trinajstić information content (AvgIpc) is 2.53. The van der Waals surface area contributed by atoms with Crippen LogP contribution in [0, 0.1) is 0 Å². The molecular weight excluding hydrogens is 306 g/mol. The third-order valence-electron chi connectivity index (χ3n) is 4.28. The van der Waals surface area contributed by atoms with Crippen LogP contribution in [0.5, 0.6) is 0 Å². The Bertz CT molecular complexity index is 592. The largest absolute Gasteiger partial charge is 0.444 e. The Labute approximate surface area is 143 Å². The van der Waals surface area contributed by atoms with E-state index in [0.29, 0.717) is 19.1 Å². The molecule has 1 aromatic rings. The molecule has 6 heteroatoms. The fraction of sp³-hybridized carbons (Fsp3) is 0.667. The molecule has 1 amide bonds. The molecule has 0 bridgehead atoms. The Morgan fingerprint density at radius 1 is 1.38 bits per heavy atom. The summed E-state index contributed by atoms with van der Waals surface area (Å²) in [5, 5.41) is 3.54. The molecule has 0 unspecified atom stereocenters. The van der Waals surface area contributed by atoms with E-state index in [0.717, 1.165) is 49.4 Å². The van der Waals surface area contributed by atoms with Crippen LogP contribution in [-0.4, -0.2) is 47.4 Å². The number of nitrogens with zero attached hydrogens (tertiary/aromatic N) is 2. The number of carbonyl (C=O) groups is 1. The van der Waals surface area contributed by atoms with Gasteiger partial charge in [0.2, 0.25) is 0 Å². The predicted octanol–water partition coefficient (Wildman–Crippen LogP) is 2.97. The molecular formula is C18H27N3O3. The normalized spacial score (nSPS) is 18.9. The molecule has 132 valence electrons. The molecule has 3 rings (SSSR count). The molecule has 0 saturated carbocycles. The van der Waals surface area contributed by atoms with E-state index in [9.17, 15) is 4.79 Å². The van der Waals surface area contributed by atoms with Crippen LogP contribution in [0.3, 0.4) is 0 Å². The van der Waals surface area contributed by atoms with Crippen molar-refractivity contribution in [3.63, 3.8) is 0 Å². The number of hydrogen-bond donors (Lipinski definition) is 1. The maximum Gasteiger partial charge on any atom is 0.410 e. The van der Waals surface area contributed by atoms with Crippen LogP contribution < -0.4 is 5.32 Å². The van der Waals surface area contributed by atoms with E-state index in [1.807, 2.05) is 27.0 Å². The van der Waals surface area contributed by atoms with E-state index in [1.165, 1.54) is 0 Å². The highest BCUT2D eigenvalue weighted by molar-refractivity contribution is 5.68. The Morgan fingerprint density at radius 2 is 2.12 bits per heavy atom. The van der Waals surface area contributed by atoms with Crippen molar-refractivity contribution in [1.29, 1.82) is 0 Å². The maximum absolute atomic E-state index is 12.3. The zero-order valence-corrected chi connectivity index (χ0v) is 14.8. The number of ether oxygens (including phenoxy) is 2. The Morgan fingerprint density at radius 3 is 2.83 bits per heavy atom. The minimum Gasteiger partial charge on any atom is -0.444 e. The van der Waals surface area contributed by atoms with E-state index in [1.54, 1.807) is 4.90 Å². The Kier molecular flexibility index (Phi) is 4.94. The first-order valence-corrected chi connectivity index (χ1v) is 8.71. The SMILES string of the molecule is CC(C)(C)OC(=O)N1CCc2ncc(NC3CCOCC3)cc2C1. The molecule has 24 heavy (non-hydrogen) atoms. The molecule has 0 spiro atoms. The van der Waals surface area contributed by atoms with Crippen LogP contribution >= 0.6 is 0 Å². The van der Waals surface area contributed by atoms with Crippen LogP contribution in [0.4, 0.5) is 10.5 Å². The number of fused-ring (bicyclic) bond motifs is 1. The van der Waals surface area contributed by atoms with Crippen LogP contribution in [0.2, 0.25) is 0 Å². The molecule has 0 atom stereocenters. The van der Waals surface area contributed by atoms with Gasteiger partial charge in [0.1, 0.15) is 5.60 Å². The molecule has 0 aromatic carbocycles. The van der Waals surface area contributed by atoms with E-state index >= 15 is 0 Å². The van der Waals surface area contributed by atoms with Crippen molar-refractivity contribution < 1.29 is 14.3 Å². The molecule has 1 aromatic heterocycles. The molecule has 0 radical (unpaired) electrons. The van der Waals surface area contributed by atoms with Gasteiger partial charge < -0.3 is 19.7 Å². The zero-order valence-electron chi connectivity index (χ0n) is 14.8. The topological polar surface area (TPSA) is 63.7 Å². The number of carbonyl (C=O) groups excluding carboxylic acids is 1. The lowest BCUT2D eigenvalue weighted by atomic mass is 10.0. The van der Waals surface area contributed by atoms with Crippen molar-refractivity contribution in [2.45, 2.75) is 58.2 Å². The fourth-order valence-corrected chi connectivity index (χ4v) is 3.07. The molecule has 2 aliphatic rings. The summed E-state index contributed by atoms with van der Waals surface area (Å²) < 4.78 is 10.9. The summed E-state index contributed by atoms with van der Waals surface area (Å²) in [7, 11) is 0. The van der Waals surface area contributed by atoms with Gasteiger partial charge in [-0.05, 0) is 45.2 Å². The van der Waals surface area contributed by atoms with E-state index < -0.39 is 5.60 Å². The van der Waals surface area contributed by atoms with E-state index in [2.05, 4.69) is 16.4 Å². The van der Waals surface area contributed by atoms with Crippen LogP contribution in [-0.2, 0) is 22.4 Å². The second kappa shape index (κ2) is 6.97. The molecule has 2 aliphatic heterocycles. The van der Waals surface area contributed by atoms with Gasteiger partial charge in [0, 0.05) is 37.9 Å². The summed E-state index contributed by atoms with van der Waals surface area (Å²) in [6.07, 6.45) is 4.45. The molecule has 1 saturated heterocycles. The zero-order chi connectivity index (χ0) is 17.2. The smallest absolute Gasteiger partial charge is 0.410 e. The highest BCUT2D eigenvalue weighted by Gasteiger charge is 2.26. The standard InChI is InChI=1S/C18H27N3O3/c1-18(2,3)24-17(22)21-7-4-16-13(12-21)10-15(11-19-16)20-14-5-8-23-9-6-14/h10-11,14,20H,4-9,12H2,1-3H3. The summed E-state index contributed by atoms with van der Waals surface area (Å²) in [5.74, 6) is 0. The lowest BCUT2D eigenvalue weighted by Crippen LogP contribution is -2.40. The molecule has 3 heterocycles. The van der Waals surface area contributed by atoms with Crippen LogP contribution in [0.25, 0.3) is 0 Å². The molecule has 6 nitrogen and oxygen atoms in total. The summed E-state index contributed by atoms with van der Waals surface area (Å²) in [5.41, 5.74) is 2.73. The highest BCUT2D eigenvalue weighted by atomic mass is 16.6. The number of pyridine rings is 1. The number of nitrogens with one attached hydrogen (secondary N) is 1. The van der Waals surface area contributed by atoms with Gasteiger partial charge >= 0.3 is 6.09 Å². The van der Waals surface area contributed by atoms with Crippen molar-refractivity contribution >= 4 is 11.8 Å². The van der Waals surface area contributed by atoms with Crippen molar-refractivity contribution in [2.24, 2.45) is 0 Å². The number of amides is 1. The van der Waals surface area contributed by atoms with Gasteiger partial charge in [-0.3, -0.25) is 4.98 Å². The van der Waals surface area contributed by atoms with Gasteiger partial charge in [0.15, 0.2) is 0 Å². The first-order valence-electron chi connectivity index (χ1n) is 8.71. The first kappa shape index (κ1) is 17.0. The Hall–Kier alpha value is -1.82. The predicted molar refractivity (Wildman–Crippen MR) is 92.0 cm³/mol. The van der Waals surface area contributed by atoms with Gasteiger partial charge in [-0.2, -0.15) is 0 Å². The summed E-state index contributed by atoms with van der Waals surface area (Å²) >= 11 is 0. The second-order valence-electron chi connectivity index (χ2n) is 7.51. The van der Waals surface area contributed by atoms with Crippen molar-refractivity contribution in [2.75, 3.05) is 25.1 Å². The minimum absolute atomic E-state index is 0.254. The van der Waals surface area contributed by atoms with Crippen molar-refractivity contribution in [1.82, 2.24) is 9.88 Å². The lowest BCUT2D eigenvalue weighted by Gasteiger charge is -2.31. The van der Waals surface area contributed by atoms with E-state index in [-0.39, 0.29) is 6.09 Å². The van der Waals surface area contributed by atoms with Crippen molar-refractivity contribution in [3.8, 4) is 0 Å². The maximum atomic E-state index is 12.3. The number of rotatable bonds is 2. The number of hydrogen-bond acceptors (Lipinski definition) is 5. The average molecular weight is 333 g/mol. The summed E-state index contributed by atoms with van der Waals surface area (Å²) in [6.45, 7) is 8.49. The highest BCUT2D eigenvalue weighted by Crippen LogP contribution is 2.23. The second-order valence-corrected chi connectivity index (χ2v) is 7.51. The minimum atomic E-state index is -0.470. The van der Waals surface area contributed by atoms with Gasteiger partial charge in [-0.25, -0.2) is 4.79 Å². The number of anilines is 1. The molecule has 0 aliphatic carbocycles. The van der Waals surface area contributed by atoms with Gasteiger partial charge in [0.05, 0.1) is 18.4 Å². The monoisotopic (exact) mass is 333 g/mol. The van der Waals surface area contributed by atoms with Gasteiger partial charge in [-0.15, -0.1) is 0 Å². The lowest BCUT2D eigenvalue weighted by molar-refractivity contribution is 0.0222. The summed E-state index contributed by atoms with van der Waals surface area (Å²) in [4.78, 5) is 18.6. The van der Waals surface area contributed by atoms with Crippen LogP contribution in [0.1, 0.15) is 44.9 Å².